The molecule has 6 heteroatoms. The molecule has 0 aliphatic rings. The summed E-state index contributed by atoms with van der Waals surface area (Å²) in [6.07, 6.45) is 1.44. The van der Waals surface area contributed by atoms with Crippen molar-refractivity contribution in [3.63, 3.8) is 0 Å². The largest absolute Gasteiger partial charge is 0.497 e. The lowest BCUT2D eigenvalue weighted by atomic mass is 9.97. The average Bonchev–Trinajstić information content (AvgIpc) is 2.73. The number of methoxy groups -OCH3 is 1. The van der Waals surface area contributed by atoms with E-state index < -0.39 is 0 Å². The molecule has 0 bridgehead atoms. The molecule has 0 radical (unpaired) electrons. The Hall–Kier alpha value is -3.67. The van der Waals surface area contributed by atoms with Crippen molar-refractivity contribution in [3.05, 3.63) is 60.9 Å². The second-order valence-electron chi connectivity index (χ2n) is 6.69. The molecule has 0 saturated heterocycles. The van der Waals surface area contributed by atoms with Crippen LogP contribution in [0.5, 0.6) is 5.75 Å². The van der Waals surface area contributed by atoms with Gasteiger partial charge in [-0.1, -0.05) is 24.3 Å². The van der Waals surface area contributed by atoms with Crippen LogP contribution in [0.3, 0.4) is 0 Å². The fourth-order valence-corrected chi connectivity index (χ4v) is 3.15. The Morgan fingerprint density at radius 2 is 1.71 bits per heavy atom. The highest BCUT2D eigenvalue weighted by Crippen LogP contribution is 2.35. The van der Waals surface area contributed by atoms with Crippen molar-refractivity contribution >= 4 is 22.5 Å². The molecular weight excluding hydrogens is 350 g/mol. The molecule has 28 heavy (non-hydrogen) atoms. The fourth-order valence-electron chi connectivity index (χ4n) is 3.15. The summed E-state index contributed by atoms with van der Waals surface area (Å²) >= 11 is 0. The van der Waals surface area contributed by atoms with Crippen LogP contribution in [-0.4, -0.2) is 36.2 Å². The first-order chi connectivity index (χ1) is 13.6. The molecule has 6 nitrogen and oxygen atoms in total. The number of hydrogen-bond donors (Lipinski definition) is 1. The maximum absolute atomic E-state index is 6.08. The topological polar surface area (TPSA) is 77.2 Å². The van der Waals surface area contributed by atoms with Gasteiger partial charge in [-0.3, -0.25) is 0 Å². The SMILES string of the molecule is COc1cccc(-c2cc3c(N)ncnc3nc2-c2ccc(N(C)C)cc2)c1. The van der Waals surface area contributed by atoms with E-state index in [0.29, 0.717) is 11.5 Å². The smallest absolute Gasteiger partial charge is 0.165 e. The zero-order chi connectivity index (χ0) is 19.7. The molecule has 0 atom stereocenters. The van der Waals surface area contributed by atoms with Crippen molar-refractivity contribution < 1.29 is 4.74 Å². The van der Waals surface area contributed by atoms with Crippen molar-refractivity contribution in [2.75, 3.05) is 31.8 Å². The van der Waals surface area contributed by atoms with E-state index in [1.807, 2.05) is 44.4 Å². The van der Waals surface area contributed by atoms with E-state index in [2.05, 4.69) is 39.1 Å². The molecule has 2 aromatic carbocycles. The van der Waals surface area contributed by atoms with E-state index in [0.717, 1.165) is 39.2 Å². The highest BCUT2D eigenvalue weighted by atomic mass is 16.5. The van der Waals surface area contributed by atoms with E-state index in [1.165, 1.54) is 6.33 Å². The summed E-state index contributed by atoms with van der Waals surface area (Å²) in [6.45, 7) is 0. The van der Waals surface area contributed by atoms with Crippen molar-refractivity contribution in [2.45, 2.75) is 0 Å². The first-order valence-electron chi connectivity index (χ1n) is 8.90. The van der Waals surface area contributed by atoms with Crippen LogP contribution < -0.4 is 15.4 Å². The molecule has 0 amide bonds. The predicted octanol–water partition coefficient (Wildman–Crippen LogP) is 4.02. The Labute approximate surface area is 163 Å². The van der Waals surface area contributed by atoms with Crippen LogP contribution in [0.4, 0.5) is 11.5 Å². The predicted molar refractivity (Wildman–Crippen MR) is 113 cm³/mol. The second kappa shape index (κ2) is 7.15. The highest BCUT2D eigenvalue weighted by molar-refractivity contribution is 5.94. The lowest BCUT2D eigenvalue weighted by molar-refractivity contribution is 0.415. The molecule has 2 aromatic heterocycles. The number of aromatic nitrogens is 3. The Morgan fingerprint density at radius 1 is 0.929 bits per heavy atom. The maximum Gasteiger partial charge on any atom is 0.165 e. The van der Waals surface area contributed by atoms with Crippen molar-refractivity contribution in [2.24, 2.45) is 0 Å². The van der Waals surface area contributed by atoms with Crippen LogP contribution in [0.1, 0.15) is 0 Å². The summed E-state index contributed by atoms with van der Waals surface area (Å²) in [4.78, 5) is 15.3. The van der Waals surface area contributed by atoms with Gasteiger partial charge in [0.1, 0.15) is 17.9 Å². The van der Waals surface area contributed by atoms with Gasteiger partial charge in [0.05, 0.1) is 18.2 Å². The molecule has 4 aromatic rings. The Bertz CT molecular complexity index is 1140. The number of fused-ring (bicyclic) bond motifs is 1. The van der Waals surface area contributed by atoms with Gasteiger partial charge < -0.3 is 15.4 Å². The summed E-state index contributed by atoms with van der Waals surface area (Å²) in [5.41, 5.74) is 11.6. The van der Waals surface area contributed by atoms with Gasteiger partial charge in [0, 0.05) is 30.9 Å². The minimum atomic E-state index is 0.413. The van der Waals surface area contributed by atoms with E-state index in [4.69, 9.17) is 15.5 Å². The Kier molecular flexibility index (Phi) is 4.53. The van der Waals surface area contributed by atoms with Crippen LogP contribution in [0.25, 0.3) is 33.4 Å². The molecule has 2 heterocycles. The van der Waals surface area contributed by atoms with Gasteiger partial charge in [0.25, 0.3) is 0 Å². The van der Waals surface area contributed by atoms with Crippen LogP contribution in [0.15, 0.2) is 60.9 Å². The standard InChI is InChI=1S/C22H21N5O/c1-27(2)16-9-7-14(8-10-16)20-18(15-5-4-6-17(11-15)28-3)12-19-21(23)24-13-25-22(19)26-20/h4-13H,1-3H3,(H2,23,24,25,26). The highest BCUT2D eigenvalue weighted by Gasteiger charge is 2.14. The monoisotopic (exact) mass is 371 g/mol. The van der Waals surface area contributed by atoms with Gasteiger partial charge in [-0.15, -0.1) is 0 Å². The summed E-state index contributed by atoms with van der Waals surface area (Å²) in [5.74, 6) is 1.19. The quantitative estimate of drug-likeness (QED) is 0.584. The molecule has 0 spiro atoms. The third-order valence-corrected chi connectivity index (χ3v) is 4.69. The molecule has 0 fully saturated rings. The number of anilines is 2. The first kappa shape index (κ1) is 17.7. The molecule has 2 N–H and O–H groups in total. The number of nitrogen functional groups attached to an aromatic ring is 1. The third kappa shape index (κ3) is 3.20. The number of nitrogens with zero attached hydrogens (tertiary/aromatic N) is 4. The van der Waals surface area contributed by atoms with E-state index in [1.54, 1.807) is 7.11 Å². The molecule has 4 rings (SSSR count). The number of benzene rings is 2. The van der Waals surface area contributed by atoms with Crippen molar-refractivity contribution in [1.82, 2.24) is 15.0 Å². The lowest BCUT2D eigenvalue weighted by Crippen LogP contribution is -2.08. The van der Waals surface area contributed by atoms with E-state index in [-0.39, 0.29) is 0 Å². The molecule has 0 aliphatic heterocycles. The number of ether oxygens (including phenoxy) is 1. The van der Waals surface area contributed by atoms with Crippen LogP contribution in [0, 0.1) is 0 Å². The number of nitrogens with two attached hydrogens (primary N) is 1. The van der Waals surface area contributed by atoms with Crippen molar-refractivity contribution in [1.29, 1.82) is 0 Å². The lowest BCUT2D eigenvalue weighted by Gasteiger charge is -2.15. The van der Waals surface area contributed by atoms with Crippen LogP contribution in [0.2, 0.25) is 0 Å². The minimum Gasteiger partial charge on any atom is -0.497 e. The fraction of sp³-hybridized carbons (Fsp3) is 0.136. The molecule has 0 saturated carbocycles. The summed E-state index contributed by atoms with van der Waals surface area (Å²) in [6, 6.07) is 18.2. The van der Waals surface area contributed by atoms with Gasteiger partial charge >= 0.3 is 0 Å². The van der Waals surface area contributed by atoms with E-state index in [9.17, 15) is 0 Å². The minimum absolute atomic E-state index is 0.413. The zero-order valence-corrected chi connectivity index (χ0v) is 16.0. The molecular formula is C22H21N5O. The number of pyridine rings is 1. The summed E-state index contributed by atoms with van der Waals surface area (Å²) < 4.78 is 5.40. The summed E-state index contributed by atoms with van der Waals surface area (Å²) in [7, 11) is 5.69. The van der Waals surface area contributed by atoms with Crippen molar-refractivity contribution in [3.8, 4) is 28.1 Å². The third-order valence-electron chi connectivity index (χ3n) is 4.69. The first-order valence-corrected chi connectivity index (χ1v) is 8.90. The zero-order valence-electron chi connectivity index (χ0n) is 16.0. The van der Waals surface area contributed by atoms with Crippen LogP contribution in [-0.2, 0) is 0 Å². The number of rotatable bonds is 4. The molecule has 140 valence electrons. The molecule has 0 unspecified atom stereocenters. The van der Waals surface area contributed by atoms with Gasteiger partial charge in [-0.05, 0) is 35.9 Å². The normalized spacial score (nSPS) is 10.8. The Morgan fingerprint density at radius 3 is 2.43 bits per heavy atom. The van der Waals surface area contributed by atoms with Gasteiger partial charge in [0.2, 0.25) is 0 Å². The maximum atomic E-state index is 6.08. The average molecular weight is 371 g/mol. The molecule has 0 aliphatic carbocycles. The van der Waals surface area contributed by atoms with Gasteiger partial charge in [-0.2, -0.15) is 0 Å². The Balaban J connectivity index is 1.97. The second-order valence-corrected chi connectivity index (χ2v) is 6.69. The number of hydrogen-bond acceptors (Lipinski definition) is 6. The van der Waals surface area contributed by atoms with Crippen LogP contribution >= 0.6 is 0 Å². The van der Waals surface area contributed by atoms with Gasteiger partial charge in [-0.25, -0.2) is 15.0 Å². The van der Waals surface area contributed by atoms with E-state index >= 15 is 0 Å². The summed E-state index contributed by atoms with van der Waals surface area (Å²) in [5, 5.41) is 0.731. The van der Waals surface area contributed by atoms with Gasteiger partial charge in [0.15, 0.2) is 5.65 Å².